The molecule has 3 heteroatoms. The first-order valence-corrected chi connectivity index (χ1v) is 8.10. The first-order valence-electron chi connectivity index (χ1n) is 8.10. The summed E-state index contributed by atoms with van der Waals surface area (Å²) in [7, 11) is 0. The predicted molar refractivity (Wildman–Crippen MR) is 97.2 cm³/mol. The van der Waals surface area contributed by atoms with Crippen molar-refractivity contribution in [3.05, 3.63) is 77.9 Å². The van der Waals surface area contributed by atoms with Gasteiger partial charge in [-0.3, -0.25) is 4.79 Å². The van der Waals surface area contributed by atoms with Crippen LogP contribution in [0.3, 0.4) is 0 Å². The second-order valence-corrected chi connectivity index (χ2v) is 5.95. The van der Waals surface area contributed by atoms with Gasteiger partial charge in [-0.1, -0.05) is 54.6 Å². The summed E-state index contributed by atoms with van der Waals surface area (Å²) in [5.74, 6) is 0.616. The lowest BCUT2D eigenvalue weighted by molar-refractivity contribution is -0.123. The Kier molecular flexibility index (Phi) is 4.80. The summed E-state index contributed by atoms with van der Waals surface area (Å²) < 4.78 is 5.59. The number of amides is 1. The largest absolute Gasteiger partial charge is 0.484 e. The van der Waals surface area contributed by atoms with Crippen LogP contribution in [0.2, 0.25) is 0 Å². The van der Waals surface area contributed by atoms with Gasteiger partial charge in [-0.15, -0.1) is 0 Å². The minimum absolute atomic E-state index is 0.0166. The molecule has 0 radical (unpaired) electrons. The maximum absolute atomic E-state index is 12.1. The van der Waals surface area contributed by atoms with Crippen LogP contribution >= 0.6 is 0 Å². The highest BCUT2D eigenvalue weighted by Crippen LogP contribution is 2.20. The number of benzene rings is 3. The fraction of sp³-hybridized carbons (Fsp3) is 0.190. The van der Waals surface area contributed by atoms with Crippen LogP contribution in [0.15, 0.2) is 66.7 Å². The van der Waals surface area contributed by atoms with E-state index in [1.54, 1.807) is 0 Å². The molecule has 0 saturated heterocycles. The van der Waals surface area contributed by atoms with E-state index in [0.717, 1.165) is 16.9 Å². The number of hydrogen-bond donors (Lipinski definition) is 1. The quantitative estimate of drug-likeness (QED) is 0.757. The molecule has 0 aromatic heterocycles. The molecule has 0 aliphatic rings. The molecule has 3 aromatic rings. The first kappa shape index (κ1) is 16.1. The number of fused-ring (bicyclic) bond motifs is 1. The number of rotatable bonds is 5. The molecular weight excluding hydrogens is 298 g/mol. The lowest BCUT2D eigenvalue weighted by Crippen LogP contribution is -2.31. The second kappa shape index (κ2) is 7.18. The highest BCUT2D eigenvalue weighted by molar-refractivity contribution is 5.83. The fourth-order valence-electron chi connectivity index (χ4n) is 2.71. The van der Waals surface area contributed by atoms with Crippen LogP contribution < -0.4 is 10.1 Å². The van der Waals surface area contributed by atoms with Gasteiger partial charge in [0.25, 0.3) is 5.91 Å². The van der Waals surface area contributed by atoms with Crippen molar-refractivity contribution >= 4 is 16.7 Å². The molecule has 1 amide bonds. The molecule has 3 rings (SSSR count). The number of carbonyl (C=O) groups excluding carboxylic acids is 1. The summed E-state index contributed by atoms with van der Waals surface area (Å²) in [5.41, 5.74) is 2.10. The summed E-state index contributed by atoms with van der Waals surface area (Å²) in [4.78, 5) is 12.1. The van der Waals surface area contributed by atoms with E-state index in [0.29, 0.717) is 0 Å². The van der Waals surface area contributed by atoms with Crippen LogP contribution in [0.5, 0.6) is 5.75 Å². The van der Waals surface area contributed by atoms with Crippen LogP contribution in [0.25, 0.3) is 10.8 Å². The lowest BCUT2D eigenvalue weighted by atomic mass is 10.0. The molecule has 0 heterocycles. The summed E-state index contributed by atoms with van der Waals surface area (Å²) in [5, 5.41) is 5.36. The Morgan fingerprint density at radius 2 is 1.71 bits per heavy atom. The van der Waals surface area contributed by atoms with E-state index in [9.17, 15) is 4.79 Å². The van der Waals surface area contributed by atoms with Gasteiger partial charge in [-0.25, -0.2) is 0 Å². The Morgan fingerprint density at radius 3 is 2.50 bits per heavy atom. The van der Waals surface area contributed by atoms with Crippen molar-refractivity contribution in [2.45, 2.75) is 19.9 Å². The number of aryl methyl sites for hydroxylation is 1. The molecule has 0 fully saturated rings. The van der Waals surface area contributed by atoms with E-state index in [-0.39, 0.29) is 18.6 Å². The average molecular weight is 319 g/mol. The van der Waals surface area contributed by atoms with E-state index in [1.165, 1.54) is 10.8 Å². The fourth-order valence-corrected chi connectivity index (χ4v) is 2.71. The van der Waals surface area contributed by atoms with Crippen LogP contribution in [0.1, 0.15) is 24.1 Å². The monoisotopic (exact) mass is 319 g/mol. The second-order valence-electron chi connectivity index (χ2n) is 5.95. The molecule has 122 valence electrons. The van der Waals surface area contributed by atoms with Gasteiger partial charge < -0.3 is 10.1 Å². The van der Waals surface area contributed by atoms with Crippen LogP contribution in [-0.4, -0.2) is 12.5 Å². The molecule has 24 heavy (non-hydrogen) atoms. The Balaban J connectivity index is 1.61. The van der Waals surface area contributed by atoms with E-state index >= 15 is 0 Å². The molecule has 1 atom stereocenters. The van der Waals surface area contributed by atoms with Crippen molar-refractivity contribution in [2.75, 3.05) is 6.61 Å². The first-order chi connectivity index (χ1) is 11.6. The van der Waals surface area contributed by atoms with Gasteiger partial charge in [0.2, 0.25) is 0 Å². The maximum Gasteiger partial charge on any atom is 0.258 e. The topological polar surface area (TPSA) is 38.3 Å². The smallest absolute Gasteiger partial charge is 0.258 e. The van der Waals surface area contributed by atoms with Gasteiger partial charge in [-0.05, 0) is 47.9 Å². The molecular formula is C21H21NO2. The van der Waals surface area contributed by atoms with E-state index < -0.39 is 0 Å². The Labute approximate surface area is 142 Å². The Bertz CT molecular complexity index is 857. The van der Waals surface area contributed by atoms with Crippen LogP contribution in [0, 0.1) is 6.92 Å². The van der Waals surface area contributed by atoms with Crippen molar-refractivity contribution in [3.8, 4) is 5.75 Å². The third-order valence-electron chi connectivity index (χ3n) is 4.10. The van der Waals surface area contributed by atoms with Gasteiger partial charge in [0, 0.05) is 0 Å². The average Bonchev–Trinajstić information content (AvgIpc) is 2.60. The Hall–Kier alpha value is -2.81. The van der Waals surface area contributed by atoms with Gasteiger partial charge in [-0.2, -0.15) is 0 Å². The normalized spacial score (nSPS) is 11.9. The molecule has 0 aliphatic carbocycles. The van der Waals surface area contributed by atoms with Crippen molar-refractivity contribution in [1.82, 2.24) is 5.32 Å². The molecule has 0 saturated carbocycles. The van der Waals surface area contributed by atoms with Gasteiger partial charge in [0.05, 0.1) is 6.04 Å². The number of nitrogens with one attached hydrogen (secondary N) is 1. The van der Waals surface area contributed by atoms with Crippen LogP contribution in [0.4, 0.5) is 0 Å². The zero-order chi connectivity index (χ0) is 16.9. The number of para-hydroxylation sites is 1. The molecule has 1 N–H and O–H groups in total. The minimum atomic E-state index is -0.126. The van der Waals surface area contributed by atoms with Crippen LogP contribution in [-0.2, 0) is 4.79 Å². The molecule has 1 unspecified atom stereocenters. The summed E-state index contributed by atoms with van der Waals surface area (Å²) in [6, 6.07) is 22.1. The molecule has 0 bridgehead atoms. The minimum Gasteiger partial charge on any atom is -0.484 e. The van der Waals surface area contributed by atoms with Gasteiger partial charge >= 0.3 is 0 Å². The lowest BCUT2D eigenvalue weighted by Gasteiger charge is -2.16. The van der Waals surface area contributed by atoms with Gasteiger partial charge in [0.1, 0.15) is 5.75 Å². The molecule has 3 nitrogen and oxygen atoms in total. The maximum atomic E-state index is 12.1. The molecule has 3 aromatic carbocycles. The third kappa shape index (κ3) is 3.74. The zero-order valence-corrected chi connectivity index (χ0v) is 14.0. The predicted octanol–water partition coefficient (Wildman–Crippen LogP) is 4.40. The summed E-state index contributed by atoms with van der Waals surface area (Å²) in [6.45, 7) is 3.96. The van der Waals surface area contributed by atoms with E-state index in [1.807, 2.05) is 50.2 Å². The van der Waals surface area contributed by atoms with Crippen molar-refractivity contribution in [2.24, 2.45) is 0 Å². The summed E-state index contributed by atoms with van der Waals surface area (Å²) >= 11 is 0. The number of carbonyl (C=O) groups is 1. The zero-order valence-electron chi connectivity index (χ0n) is 14.0. The highest BCUT2D eigenvalue weighted by Gasteiger charge is 2.11. The third-order valence-corrected chi connectivity index (χ3v) is 4.10. The SMILES string of the molecule is Cc1ccccc1OCC(=O)NC(C)c1ccc2ccccc2c1. The van der Waals surface area contributed by atoms with E-state index in [4.69, 9.17) is 4.74 Å². The standard InChI is InChI=1S/C21H21NO2/c1-15-7-3-6-10-20(15)24-14-21(23)22-16(2)18-12-11-17-8-4-5-9-19(17)13-18/h3-13,16H,14H2,1-2H3,(H,22,23). The molecule has 0 spiro atoms. The highest BCUT2D eigenvalue weighted by atomic mass is 16.5. The van der Waals surface area contributed by atoms with Gasteiger partial charge in [0.15, 0.2) is 6.61 Å². The van der Waals surface area contributed by atoms with Crippen molar-refractivity contribution in [3.63, 3.8) is 0 Å². The molecule has 0 aliphatic heterocycles. The van der Waals surface area contributed by atoms with E-state index in [2.05, 4.69) is 35.6 Å². The summed E-state index contributed by atoms with van der Waals surface area (Å²) in [6.07, 6.45) is 0. The number of hydrogen-bond acceptors (Lipinski definition) is 2. The van der Waals surface area contributed by atoms with Crippen molar-refractivity contribution < 1.29 is 9.53 Å². The number of ether oxygens (including phenoxy) is 1. The Morgan fingerprint density at radius 1 is 1.00 bits per heavy atom. The van der Waals surface area contributed by atoms with Crippen molar-refractivity contribution in [1.29, 1.82) is 0 Å².